The van der Waals surface area contributed by atoms with E-state index >= 15 is 0 Å². The van der Waals surface area contributed by atoms with Crippen LogP contribution in [0.15, 0.2) is 10.7 Å². The molecular formula is C12H15N5O2. The largest absolute Gasteiger partial charge is 0.361 e. The molecule has 1 saturated heterocycles. The predicted molar refractivity (Wildman–Crippen MR) is 65.4 cm³/mol. The number of nitrogens with zero attached hydrogens (tertiary/aromatic N) is 4. The molecule has 1 atom stereocenters. The van der Waals surface area contributed by atoms with Crippen LogP contribution in [0.25, 0.3) is 0 Å². The second-order valence-corrected chi connectivity index (χ2v) is 4.75. The summed E-state index contributed by atoms with van der Waals surface area (Å²) in [6.07, 6.45) is 3.34. The van der Waals surface area contributed by atoms with Gasteiger partial charge in [0, 0.05) is 12.1 Å². The Hall–Kier alpha value is -2.18. The van der Waals surface area contributed by atoms with Crippen LogP contribution in [-0.4, -0.2) is 37.9 Å². The Bertz CT molecular complexity index is 570. The molecule has 1 amide bonds. The maximum atomic E-state index is 12.4. The van der Waals surface area contributed by atoms with Gasteiger partial charge >= 0.3 is 0 Å². The molecule has 1 N–H and O–H groups in total. The van der Waals surface area contributed by atoms with E-state index in [9.17, 15) is 4.79 Å². The summed E-state index contributed by atoms with van der Waals surface area (Å²) in [6, 6.07) is 0.0236. The molecule has 0 spiro atoms. The molecule has 1 unspecified atom stereocenters. The molecule has 1 aliphatic rings. The van der Waals surface area contributed by atoms with E-state index in [1.165, 1.54) is 6.20 Å². The van der Waals surface area contributed by atoms with Gasteiger partial charge in [0.1, 0.15) is 5.76 Å². The summed E-state index contributed by atoms with van der Waals surface area (Å²) < 4.78 is 5.20. The summed E-state index contributed by atoms with van der Waals surface area (Å²) in [5, 5.41) is 14.0. The number of aromatic amines is 1. The molecule has 0 radical (unpaired) electrons. The third-order valence-electron chi connectivity index (χ3n) is 3.57. The maximum Gasteiger partial charge on any atom is 0.276 e. The Morgan fingerprint density at radius 1 is 1.53 bits per heavy atom. The lowest BCUT2D eigenvalue weighted by Gasteiger charge is -2.23. The van der Waals surface area contributed by atoms with Crippen molar-refractivity contribution in [1.29, 1.82) is 0 Å². The molecule has 0 aliphatic carbocycles. The fourth-order valence-corrected chi connectivity index (χ4v) is 2.73. The van der Waals surface area contributed by atoms with Gasteiger partial charge in [-0.25, -0.2) is 0 Å². The number of aromatic nitrogens is 4. The number of rotatable bonds is 2. The zero-order valence-corrected chi connectivity index (χ0v) is 10.9. The first-order chi connectivity index (χ1) is 9.18. The lowest BCUT2D eigenvalue weighted by atomic mass is 10.0. The summed E-state index contributed by atoms with van der Waals surface area (Å²) in [6.45, 7) is 4.51. The lowest BCUT2D eigenvalue weighted by molar-refractivity contribution is 0.0728. The molecule has 1 aliphatic heterocycles. The summed E-state index contributed by atoms with van der Waals surface area (Å²) in [5.74, 6) is 0.679. The summed E-state index contributed by atoms with van der Waals surface area (Å²) >= 11 is 0. The number of amides is 1. The van der Waals surface area contributed by atoms with Crippen LogP contribution in [-0.2, 0) is 0 Å². The molecule has 2 aromatic heterocycles. The standard InChI is InChI=1S/C12H15N5O2/c1-7-11(8(2)19-15-7)10-4-3-5-17(10)12(18)9-6-13-16-14-9/h6,10H,3-5H2,1-2H3,(H,13,14,16). The highest BCUT2D eigenvalue weighted by Gasteiger charge is 2.34. The third kappa shape index (κ3) is 1.91. The van der Waals surface area contributed by atoms with Crippen molar-refractivity contribution < 1.29 is 9.32 Å². The molecule has 7 heteroatoms. The molecule has 1 fully saturated rings. The molecule has 7 nitrogen and oxygen atoms in total. The zero-order chi connectivity index (χ0) is 13.4. The Morgan fingerprint density at radius 2 is 2.37 bits per heavy atom. The van der Waals surface area contributed by atoms with Gasteiger partial charge in [0.25, 0.3) is 5.91 Å². The summed E-state index contributed by atoms with van der Waals surface area (Å²) in [5.41, 5.74) is 2.22. The van der Waals surface area contributed by atoms with Crippen molar-refractivity contribution in [3.05, 3.63) is 28.9 Å². The number of likely N-dealkylation sites (tertiary alicyclic amines) is 1. The molecule has 0 saturated carbocycles. The molecule has 100 valence electrons. The minimum absolute atomic E-state index is 0.0236. The van der Waals surface area contributed by atoms with Crippen molar-refractivity contribution in [2.24, 2.45) is 0 Å². The third-order valence-corrected chi connectivity index (χ3v) is 3.57. The van der Waals surface area contributed by atoms with E-state index in [4.69, 9.17) is 4.52 Å². The first kappa shape index (κ1) is 11.9. The van der Waals surface area contributed by atoms with E-state index in [1.54, 1.807) is 0 Å². The number of aryl methyl sites for hydroxylation is 2. The zero-order valence-electron chi connectivity index (χ0n) is 10.9. The van der Waals surface area contributed by atoms with Gasteiger partial charge in [-0.05, 0) is 26.7 Å². The summed E-state index contributed by atoms with van der Waals surface area (Å²) in [7, 11) is 0. The monoisotopic (exact) mass is 261 g/mol. The number of nitrogens with one attached hydrogen (secondary N) is 1. The van der Waals surface area contributed by atoms with Gasteiger partial charge < -0.3 is 9.42 Å². The van der Waals surface area contributed by atoms with E-state index in [-0.39, 0.29) is 11.9 Å². The van der Waals surface area contributed by atoms with E-state index in [0.717, 1.165) is 36.4 Å². The van der Waals surface area contributed by atoms with E-state index in [0.29, 0.717) is 5.69 Å². The molecule has 19 heavy (non-hydrogen) atoms. The summed E-state index contributed by atoms with van der Waals surface area (Å²) in [4.78, 5) is 14.2. The molecular weight excluding hydrogens is 246 g/mol. The highest BCUT2D eigenvalue weighted by molar-refractivity contribution is 5.92. The van der Waals surface area contributed by atoms with E-state index < -0.39 is 0 Å². The molecule has 0 bridgehead atoms. The maximum absolute atomic E-state index is 12.4. The number of H-pyrrole nitrogens is 1. The van der Waals surface area contributed by atoms with E-state index in [1.807, 2.05) is 18.7 Å². The Labute approximate surface area is 110 Å². The average molecular weight is 261 g/mol. The fourth-order valence-electron chi connectivity index (χ4n) is 2.73. The SMILES string of the molecule is Cc1noc(C)c1C1CCCN1C(=O)c1cn[nH]n1. The van der Waals surface area contributed by atoms with Crippen molar-refractivity contribution in [3.8, 4) is 0 Å². The van der Waals surface area contributed by atoms with Gasteiger partial charge in [0.2, 0.25) is 0 Å². The van der Waals surface area contributed by atoms with Gasteiger partial charge in [-0.1, -0.05) is 5.16 Å². The van der Waals surface area contributed by atoms with Crippen LogP contribution >= 0.6 is 0 Å². The fraction of sp³-hybridized carbons (Fsp3) is 0.500. The second-order valence-electron chi connectivity index (χ2n) is 4.75. The van der Waals surface area contributed by atoms with Crippen LogP contribution in [0.4, 0.5) is 0 Å². The van der Waals surface area contributed by atoms with E-state index in [2.05, 4.69) is 20.6 Å². The van der Waals surface area contributed by atoms with Gasteiger partial charge in [-0.3, -0.25) is 4.79 Å². The van der Waals surface area contributed by atoms with Crippen LogP contribution in [0.5, 0.6) is 0 Å². The molecule has 3 heterocycles. The topological polar surface area (TPSA) is 87.9 Å². The van der Waals surface area contributed by atoms with Crippen LogP contribution in [0, 0.1) is 13.8 Å². The van der Waals surface area contributed by atoms with Crippen LogP contribution in [0.1, 0.15) is 46.4 Å². The van der Waals surface area contributed by atoms with Crippen molar-refractivity contribution in [2.75, 3.05) is 6.54 Å². The van der Waals surface area contributed by atoms with Crippen LogP contribution in [0.2, 0.25) is 0 Å². The highest BCUT2D eigenvalue weighted by Crippen LogP contribution is 2.36. The average Bonchev–Trinajstić information content (AvgIpc) is 3.10. The number of carbonyl (C=O) groups is 1. The number of hydrogen-bond acceptors (Lipinski definition) is 5. The lowest BCUT2D eigenvalue weighted by Crippen LogP contribution is -2.31. The second kappa shape index (κ2) is 4.49. The first-order valence-corrected chi connectivity index (χ1v) is 6.28. The normalized spacial score (nSPS) is 19.1. The van der Waals surface area contributed by atoms with Gasteiger partial charge in [-0.2, -0.15) is 15.4 Å². The molecule has 0 aromatic carbocycles. The van der Waals surface area contributed by atoms with Gasteiger partial charge in [-0.15, -0.1) is 0 Å². The Morgan fingerprint density at radius 3 is 3.00 bits per heavy atom. The van der Waals surface area contributed by atoms with Crippen molar-refractivity contribution >= 4 is 5.91 Å². The van der Waals surface area contributed by atoms with Crippen LogP contribution < -0.4 is 0 Å². The quantitative estimate of drug-likeness (QED) is 0.882. The molecule has 2 aromatic rings. The minimum atomic E-state index is -0.101. The van der Waals surface area contributed by atoms with Gasteiger partial charge in [0.05, 0.1) is 17.9 Å². The number of hydrogen-bond donors (Lipinski definition) is 1. The Balaban J connectivity index is 1.92. The first-order valence-electron chi connectivity index (χ1n) is 6.28. The smallest absolute Gasteiger partial charge is 0.276 e. The van der Waals surface area contributed by atoms with Gasteiger partial charge in [0.15, 0.2) is 5.69 Å². The predicted octanol–water partition coefficient (Wildman–Crippen LogP) is 1.39. The molecule has 3 rings (SSSR count). The minimum Gasteiger partial charge on any atom is -0.361 e. The highest BCUT2D eigenvalue weighted by atomic mass is 16.5. The van der Waals surface area contributed by atoms with Crippen LogP contribution in [0.3, 0.4) is 0 Å². The Kier molecular flexibility index (Phi) is 2.81. The van der Waals surface area contributed by atoms with Crippen molar-refractivity contribution in [1.82, 2.24) is 25.5 Å². The number of carbonyl (C=O) groups excluding carboxylic acids is 1. The van der Waals surface area contributed by atoms with Crippen molar-refractivity contribution in [2.45, 2.75) is 32.7 Å². The van der Waals surface area contributed by atoms with Crippen molar-refractivity contribution in [3.63, 3.8) is 0 Å².